The Balaban J connectivity index is 2.28. The number of aryl methyl sites for hydroxylation is 1. The summed E-state index contributed by atoms with van der Waals surface area (Å²) in [5.74, 6) is -0.393. The summed E-state index contributed by atoms with van der Waals surface area (Å²) in [6, 6.07) is 1.18. The summed E-state index contributed by atoms with van der Waals surface area (Å²) in [7, 11) is 0. The largest absolute Gasteiger partial charge is 0.398 e. The number of nitrogens with zero attached hydrogens (tertiary/aromatic N) is 2. The van der Waals surface area contributed by atoms with Crippen LogP contribution in [0.3, 0.4) is 0 Å². The number of anilines is 1. The molecule has 18 heavy (non-hydrogen) atoms. The number of aromatic nitrogens is 1. The highest BCUT2D eigenvalue weighted by atomic mass is 16.2. The van der Waals surface area contributed by atoms with Crippen LogP contribution in [0.15, 0.2) is 12.3 Å². The van der Waals surface area contributed by atoms with Crippen molar-refractivity contribution in [1.82, 2.24) is 15.2 Å². The van der Waals surface area contributed by atoms with E-state index in [0.717, 1.165) is 5.69 Å². The van der Waals surface area contributed by atoms with E-state index >= 15 is 0 Å². The van der Waals surface area contributed by atoms with Gasteiger partial charge in [0.05, 0.1) is 5.56 Å². The smallest absolute Gasteiger partial charge is 0.258 e. The topological polar surface area (TPSA) is 88.3 Å². The summed E-state index contributed by atoms with van der Waals surface area (Å²) in [4.78, 5) is 29.4. The van der Waals surface area contributed by atoms with Gasteiger partial charge in [-0.1, -0.05) is 0 Å². The van der Waals surface area contributed by atoms with E-state index in [-0.39, 0.29) is 11.8 Å². The zero-order valence-electron chi connectivity index (χ0n) is 10.4. The lowest BCUT2D eigenvalue weighted by molar-refractivity contribution is -0.127. The van der Waals surface area contributed by atoms with Crippen molar-refractivity contribution < 1.29 is 9.59 Å². The van der Waals surface area contributed by atoms with Crippen molar-refractivity contribution in [2.75, 3.05) is 18.8 Å². The molecule has 0 bridgehead atoms. The van der Waals surface area contributed by atoms with Gasteiger partial charge >= 0.3 is 0 Å². The number of pyridine rings is 1. The van der Waals surface area contributed by atoms with E-state index in [9.17, 15) is 9.59 Å². The van der Waals surface area contributed by atoms with Gasteiger partial charge in [0.25, 0.3) is 5.91 Å². The summed E-state index contributed by atoms with van der Waals surface area (Å²) in [6.07, 6.45) is 1.46. The van der Waals surface area contributed by atoms with Gasteiger partial charge < -0.3 is 16.0 Å². The number of hydrogen-bond acceptors (Lipinski definition) is 4. The molecule has 0 spiro atoms. The van der Waals surface area contributed by atoms with Crippen LogP contribution in [0.1, 0.15) is 23.0 Å². The second kappa shape index (κ2) is 4.64. The van der Waals surface area contributed by atoms with Crippen LogP contribution in [-0.2, 0) is 4.79 Å². The van der Waals surface area contributed by atoms with Crippen molar-refractivity contribution in [2.24, 2.45) is 0 Å². The average Bonchev–Trinajstić information content (AvgIpc) is 2.32. The minimum atomic E-state index is -0.480. The molecule has 0 aromatic carbocycles. The molecule has 1 unspecified atom stereocenters. The minimum absolute atomic E-state index is 0.145. The maximum absolute atomic E-state index is 12.3. The quantitative estimate of drug-likeness (QED) is 0.728. The molecule has 0 saturated carbocycles. The van der Waals surface area contributed by atoms with Gasteiger partial charge in [-0.25, -0.2) is 0 Å². The molecule has 2 rings (SSSR count). The number of nitrogen functional groups attached to an aromatic ring is 1. The van der Waals surface area contributed by atoms with Crippen LogP contribution in [0.5, 0.6) is 0 Å². The third-order valence-electron chi connectivity index (χ3n) is 3.06. The monoisotopic (exact) mass is 248 g/mol. The Morgan fingerprint density at radius 1 is 1.61 bits per heavy atom. The number of nitrogens with one attached hydrogen (secondary N) is 1. The van der Waals surface area contributed by atoms with Gasteiger partial charge in [0, 0.05) is 30.7 Å². The first-order valence-electron chi connectivity index (χ1n) is 5.81. The second-order valence-corrected chi connectivity index (χ2v) is 4.38. The van der Waals surface area contributed by atoms with Crippen molar-refractivity contribution in [1.29, 1.82) is 0 Å². The number of carbonyl (C=O) groups excluding carboxylic acids is 2. The lowest BCUT2D eigenvalue weighted by Gasteiger charge is -2.33. The predicted octanol–water partition coefficient (Wildman–Crippen LogP) is -0.0673. The fourth-order valence-corrected chi connectivity index (χ4v) is 1.97. The Labute approximate surface area is 105 Å². The third kappa shape index (κ3) is 2.13. The van der Waals surface area contributed by atoms with E-state index in [1.54, 1.807) is 13.0 Å². The van der Waals surface area contributed by atoms with Gasteiger partial charge in [-0.2, -0.15) is 0 Å². The average molecular weight is 248 g/mol. The lowest BCUT2D eigenvalue weighted by Crippen LogP contribution is -2.55. The Kier molecular flexibility index (Phi) is 3.18. The van der Waals surface area contributed by atoms with E-state index in [4.69, 9.17) is 5.73 Å². The van der Waals surface area contributed by atoms with Crippen LogP contribution in [0.2, 0.25) is 0 Å². The summed E-state index contributed by atoms with van der Waals surface area (Å²) < 4.78 is 0. The number of rotatable bonds is 1. The molecule has 6 nitrogen and oxygen atoms in total. The third-order valence-corrected chi connectivity index (χ3v) is 3.06. The Hall–Kier alpha value is -2.11. The summed E-state index contributed by atoms with van der Waals surface area (Å²) in [5, 5.41) is 2.71. The summed E-state index contributed by atoms with van der Waals surface area (Å²) in [5.41, 5.74) is 7.32. The van der Waals surface area contributed by atoms with Crippen LogP contribution in [0.4, 0.5) is 5.69 Å². The lowest BCUT2D eigenvalue weighted by atomic mass is 10.1. The minimum Gasteiger partial charge on any atom is -0.398 e. The van der Waals surface area contributed by atoms with Gasteiger partial charge in [0.1, 0.15) is 6.04 Å². The summed E-state index contributed by atoms with van der Waals surface area (Å²) in [6.45, 7) is 4.46. The van der Waals surface area contributed by atoms with E-state index in [2.05, 4.69) is 10.3 Å². The molecule has 96 valence electrons. The van der Waals surface area contributed by atoms with Gasteiger partial charge in [0.15, 0.2) is 0 Å². The maximum atomic E-state index is 12.3. The highest BCUT2D eigenvalue weighted by molar-refractivity contribution is 6.01. The van der Waals surface area contributed by atoms with Crippen LogP contribution in [0.25, 0.3) is 0 Å². The van der Waals surface area contributed by atoms with Crippen LogP contribution < -0.4 is 11.1 Å². The SMILES string of the molecule is Cc1cc(N)c(C(=O)N2CCNC(=O)C2C)cn1. The molecule has 2 amide bonds. The van der Waals surface area contributed by atoms with Crippen LogP contribution >= 0.6 is 0 Å². The van der Waals surface area contributed by atoms with E-state index in [1.807, 2.05) is 6.92 Å². The number of amides is 2. The van der Waals surface area contributed by atoms with Crippen molar-refractivity contribution >= 4 is 17.5 Å². The second-order valence-electron chi connectivity index (χ2n) is 4.38. The van der Waals surface area contributed by atoms with Gasteiger partial charge in [-0.3, -0.25) is 14.6 Å². The molecule has 1 fully saturated rings. The molecule has 3 N–H and O–H groups in total. The first kappa shape index (κ1) is 12.3. The molecular weight excluding hydrogens is 232 g/mol. The van der Waals surface area contributed by atoms with Crippen molar-refractivity contribution in [2.45, 2.75) is 19.9 Å². The van der Waals surface area contributed by atoms with Crippen molar-refractivity contribution in [3.8, 4) is 0 Å². The van der Waals surface area contributed by atoms with Crippen molar-refractivity contribution in [3.05, 3.63) is 23.5 Å². The van der Waals surface area contributed by atoms with E-state index in [0.29, 0.717) is 24.3 Å². The first-order chi connectivity index (χ1) is 8.50. The molecule has 0 radical (unpaired) electrons. The standard InChI is InChI=1S/C12H16N4O2/c1-7-5-10(13)9(6-15-7)12(18)16-4-3-14-11(17)8(16)2/h5-6,8H,3-4H2,1-2H3,(H2,13,15)(H,14,17). The normalized spacial score (nSPS) is 19.6. The molecule has 6 heteroatoms. The van der Waals surface area contributed by atoms with E-state index in [1.165, 1.54) is 11.1 Å². The molecule has 1 aliphatic heterocycles. The highest BCUT2D eigenvalue weighted by Gasteiger charge is 2.30. The number of piperazine rings is 1. The number of carbonyl (C=O) groups is 2. The predicted molar refractivity (Wildman–Crippen MR) is 66.9 cm³/mol. The Morgan fingerprint density at radius 2 is 2.33 bits per heavy atom. The fourth-order valence-electron chi connectivity index (χ4n) is 1.97. The number of hydrogen-bond donors (Lipinski definition) is 2. The molecule has 1 aromatic heterocycles. The molecule has 0 aliphatic carbocycles. The zero-order chi connectivity index (χ0) is 13.3. The van der Waals surface area contributed by atoms with Gasteiger partial charge in [0.2, 0.25) is 5.91 Å². The van der Waals surface area contributed by atoms with Crippen LogP contribution in [0, 0.1) is 6.92 Å². The molecule has 1 aromatic rings. The maximum Gasteiger partial charge on any atom is 0.258 e. The molecule has 1 saturated heterocycles. The molecule has 1 atom stereocenters. The highest BCUT2D eigenvalue weighted by Crippen LogP contribution is 2.16. The van der Waals surface area contributed by atoms with Crippen molar-refractivity contribution in [3.63, 3.8) is 0 Å². The zero-order valence-corrected chi connectivity index (χ0v) is 10.4. The fraction of sp³-hybridized carbons (Fsp3) is 0.417. The summed E-state index contributed by atoms with van der Waals surface area (Å²) >= 11 is 0. The van der Waals surface area contributed by atoms with Crippen LogP contribution in [-0.4, -0.2) is 40.8 Å². The first-order valence-corrected chi connectivity index (χ1v) is 5.81. The Bertz CT molecular complexity index is 501. The number of nitrogens with two attached hydrogens (primary N) is 1. The molecule has 2 heterocycles. The van der Waals surface area contributed by atoms with Gasteiger partial charge in [-0.05, 0) is 19.9 Å². The molecule has 1 aliphatic rings. The van der Waals surface area contributed by atoms with E-state index < -0.39 is 6.04 Å². The Morgan fingerprint density at radius 3 is 3.00 bits per heavy atom. The molecular formula is C12H16N4O2. The van der Waals surface area contributed by atoms with Gasteiger partial charge in [-0.15, -0.1) is 0 Å².